The van der Waals surface area contributed by atoms with Gasteiger partial charge in [0.1, 0.15) is 0 Å². The Balaban J connectivity index is 1.90. The first-order valence-electron chi connectivity index (χ1n) is 6.24. The second-order valence-corrected chi connectivity index (χ2v) is 5.06. The van der Waals surface area contributed by atoms with Gasteiger partial charge in [0.25, 0.3) is 0 Å². The van der Waals surface area contributed by atoms with E-state index in [0.717, 1.165) is 5.56 Å². The van der Waals surface area contributed by atoms with Crippen LogP contribution in [0.1, 0.15) is 31.2 Å². The molecule has 98 valence electrons. The van der Waals surface area contributed by atoms with Gasteiger partial charge in [0.15, 0.2) is 0 Å². The fourth-order valence-corrected chi connectivity index (χ4v) is 2.55. The van der Waals surface area contributed by atoms with Gasteiger partial charge in [0, 0.05) is 12.8 Å². The maximum atomic E-state index is 11.6. The molecule has 1 aromatic rings. The first-order chi connectivity index (χ1) is 9.04. The molecule has 1 heterocycles. The summed E-state index contributed by atoms with van der Waals surface area (Å²) in [6.45, 7) is 0. The highest BCUT2D eigenvalue weighted by Crippen LogP contribution is 2.48. The molecule has 2 fully saturated rings. The molecule has 3 rings (SSSR count). The van der Waals surface area contributed by atoms with Gasteiger partial charge in [-0.1, -0.05) is 12.1 Å². The van der Waals surface area contributed by atoms with Crippen LogP contribution in [0.4, 0.5) is 5.69 Å². The van der Waals surface area contributed by atoms with Gasteiger partial charge in [-0.3, -0.25) is 19.3 Å². The third-order valence-corrected chi connectivity index (χ3v) is 3.89. The van der Waals surface area contributed by atoms with Crippen molar-refractivity contribution in [3.63, 3.8) is 0 Å². The first kappa shape index (κ1) is 11.9. The highest BCUT2D eigenvalue weighted by molar-refractivity contribution is 6.19. The molecule has 0 aromatic heterocycles. The number of hydrogen-bond acceptors (Lipinski definition) is 3. The molecular formula is C14H13NO4. The molecule has 5 heteroatoms. The Bertz CT molecular complexity index is 556. The van der Waals surface area contributed by atoms with Crippen LogP contribution in [0, 0.1) is 0 Å². The Morgan fingerprint density at radius 1 is 1.05 bits per heavy atom. The van der Waals surface area contributed by atoms with Crippen molar-refractivity contribution in [3.8, 4) is 0 Å². The minimum atomic E-state index is -0.812. The van der Waals surface area contributed by atoms with Crippen molar-refractivity contribution < 1.29 is 19.5 Å². The third-order valence-electron chi connectivity index (χ3n) is 3.89. The van der Waals surface area contributed by atoms with Gasteiger partial charge < -0.3 is 5.11 Å². The van der Waals surface area contributed by atoms with Crippen LogP contribution in [-0.2, 0) is 19.8 Å². The van der Waals surface area contributed by atoms with Gasteiger partial charge in [-0.25, -0.2) is 0 Å². The normalized spacial score (nSPS) is 20.7. The zero-order chi connectivity index (χ0) is 13.6. The van der Waals surface area contributed by atoms with E-state index in [-0.39, 0.29) is 24.7 Å². The lowest BCUT2D eigenvalue weighted by molar-refractivity contribution is -0.140. The Morgan fingerprint density at radius 3 is 2.00 bits per heavy atom. The molecule has 0 radical (unpaired) electrons. The van der Waals surface area contributed by atoms with Crippen molar-refractivity contribution in [3.05, 3.63) is 29.8 Å². The molecule has 1 saturated carbocycles. The van der Waals surface area contributed by atoms with Crippen molar-refractivity contribution in [2.45, 2.75) is 31.1 Å². The number of carboxylic acid groups (broad SMARTS) is 1. The molecule has 0 bridgehead atoms. The van der Waals surface area contributed by atoms with Crippen LogP contribution in [0.5, 0.6) is 0 Å². The van der Waals surface area contributed by atoms with E-state index in [2.05, 4.69) is 0 Å². The average molecular weight is 259 g/mol. The van der Waals surface area contributed by atoms with Crippen LogP contribution in [-0.4, -0.2) is 22.9 Å². The maximum Gasteiger partial charge on any atom is 0.314 e. The van der Waals surface area contributed by atoms with Crippen molar-refractivity contribution in [2.75, 3.05) is 4.90 Å². The summed E-state index contributed by atoms with van der Waals surface area (Å²) in [7, 11) is 0. The van der Waals surface area contributed by atoms with Crippen LogP contribution in [0.3, 0.4) is 0 Å². The number of carbonyl (C=O) groups is 3. The number of carboxylic acids is 1. The van der Waals surface area contributed by atoms with Gasteiger partial charge in [-0.05, 0) is 30.5 Å². The predicted molar refractivity (Wildman–Crippen MR) is 66.7 cm³/mol. The summed E-state index contributed by atoms with van der Waals surface area (Å²) in [6, 6.07) is 6.71. The lowest BCUT2D eigenvalue weighted by Crippen LogP contribution is -2.28. The van der Waals surface area contributed by atoms with Crippen molar-refractivity contribution in [2.24, 2.45) is 0 Å². The monoisotopic (exact) mass is 259 g/mol. The summed E-state index contributed by atoms with van der Waals surface area (Å²) in [4.78, 5) is 35.6. The molecule has 1 N–H and O–H groups in total. The van der Waals surface area contributed by atoms with E-state index >= 15 is 0 Å². The third kappa shape index (κ3) is 1.73. The highest BCUT2D eigenvalue weighted by Gasteiger charge is 2.51. The van der Waals surface area contributed by atoms with E-state index in [1.54, 1.807) is 24.3 Å². The molecule has 0 spiro atoms. The summed E-state index contributed by atoms with van der Waals surface area (Å²) in [5.74, 6) is -1.21. The molecule has 2 amide bonds. The largest absolute Gasteiger partial charge is 0.481 e. The zero-order valence-electron chi connectivity index (χ0n) is 10.3. The average Bonchev–Trinajstić information content (AvgIpc) is 3.13. The molecular weight excluding hydrogens is 246 g/mol. The molecule has 1 aliphatic carbocycles. The molecule has 19 heavy (non-hydrogen) atoms. The van der Waals surface area contributed by atoms with E-state index in [1.807, 2.05) is 0 Å². The number of rotatable bonds is 3. The van der Waals surface area contributed by atoms with Crippen LogP contribution in [0.25, 0.3) is 0 Å². The standard InChI is InChI=1S/C14H13NO4/c16-11-5-6-12(17)15(11)10-3-1-9(2-4-10)14(7-8-14)13(18)19/h1-4H,5-8H2,(H,18,19). The minimum absolute atomic E-state index is 0.197. The van der Waals surface area contributed by atoms with Gasteiger partial charge >= 0.3 is 5.97 Å². The number of carbonyl (C=O) groups excluding carboxylic acids is 2. The van der Waals surface area contributed by atoms with E-state index < -0.39 is 11.4 Å². The van der Waals surface area contributed by atoms with E-state index in [1.165, 1.54) is 4.90 Å². The number of imide groups is 1. The summed E-state index contributed by atoms with van der Waals surface area (Å²) in [5.41, 5.74) is 0.512. The second kappa shape index (κ2) is 3.91. The zero-order valence-corrected chi connectivity index (χ0v) is 10.3. The lowest BCUT2D eigenvalue weighted by Gasteiger charge is -2.16. The number of aliphatic carboxylic acids is 1. The predicted octanol–water partition coefficient (Wildman–Crippen LogP) is 1.46. The Labute approximate surface area is 109 Å². The molecule has 1 saturated heterocycles. The van der Waals surface area contributed by atoms with Gasteiger partial charge in [-0.2, -0.15) is 0 Å². The molecule has 0 unspecified atom stereocenters. The van der Waals surface area contributed by atoms with E-state index in [4.69, 9.17) is 0 Å². The number of anilines is 1. The Kier molecular flexibility index (Phi) is 2.45. The fourth-order valence-electron chi connectivity index (χ4n) is 2.55. The second-order valence-electron chi connectivity index (χ2n) is 5.06. The van der Waals surface area contributed by atoms with Crippen molar-refractivity contribution >= 4 is 23.5 Å². The lowest BCUT2D eigenvalue weighted by atomic mass is 9.96. The summed E-state index contributed by atoms with van der Waals surface area (Å²) in [5, 5.41) is 9.20. The Hall–Kier alpha value is -2.17. The van der Waals surface area contributed by atoms with Gasteiger partial charge in [0.05, 0.1) is 11.1 Å². The van der Waals surface area contributed by atoms with Crippen LogP contribution < -0.4 is 4.90 Å². The SMILES string of the molecule is O=C1CCC(=O)N1c1ccc(C2(C(=O)O)CC2)cc1. The number of hydrogen-bond donors (Lipinski definition) is 1. The minimum Gasteiger partial charge on any atom is -0.481 e. The molecule has 1 aromatic carbocycles. The van der Waals surface area contributed by atoms with Crippen molar-refractivity contribution in [1.82, 2.24) is 0 Å². The number of amides is 2. The maximum absolute atomic E-state index is 11.6. The molecule has 0 atom stereocenters. The Morgan fingerprint density at radius 2 is 1.58 bits per heavy atom. The molecule has 5 nitrogen and oxygen atoms in total. The summed E-state index contributed by atoms with van der Waals surface area (Å²) < 4.78 is 0. The molecule has 1 aliphatic heterocycles. The van der Waals surface area contributed by atoms with Crippen LogP contribution in [0.15, 0.2) is 24.3 Å². The highest BCUT2D eigenvalue weighted by atomic mass is 16.4. The van der Waals surface area contributed by atoms with Crippen molar-refractivity contribution in [1.29, 1.82) is 0 Å². The summed E-state index contributed by atoms with van der Waals surface area (Å²) in [6.07, 6.45) is 1.78. The molecule has 2 aliphatic rings. The van der Waals surface area contributed by atoms with Crippen LogP contribution in [0.2, 0.25) is 0 Å². The summed E-state index contributed by atoms with van der Waals surface area (Å²) >= 11 is 0. The number of nitrogens with zero attached hydrogens (tertiary/aromatic N) is 1. The van der Waals surface area contributed by atoms with E-state index in [9.17, 15) is 19.5 Å². The van der Waals surface area contributed by atoms with E-state index in [0.29, 0.717) is 18.5 Å². The van der Waals surface area contributed by atoms with Gasteiger partial charge in [0.2, 0.25) is 11.8 Å². The smallest absolute Gasteiger partial charge is 0.314 e. The fraction of sp³-hybridized carbons (Fsp3) is 0.357. The number of benzene rings is 1. The topological polar surface area (TPSA) is 74.7 Å². The first-order valence-corrected chi connectivity index (χ1v) is 6.24. The van der Waals surface area contributed by atoms with Crippen LogP contribution >= 0.6 is 0 Å². The van der Waals surface area contributed by atoms with Gasteiger partial charge in [-0.15, -0.1) is 0 Å². The quantitative estimate of drug-likeness (QED) is 0.834.